The molecule has 1 saturated carbocycles. The molecule has 18 heteroatoms. The topological polar surface area (TPSA) is 231 Å². The molecule has 2 aromatic rings. The third kappa shape index (κ3) is 5.79. The quantitative estimate of drug-likeness (QED) is 0.0795. The number of hydrogen-bond acceptors (Lipinski definition) is 12. The van der Waals surface area contributed by atoms with E-state index < -0.39 is 63.0 Å². The zero-order valence-corrected chi connectivity index (χ0v) is 22.0. The van der Waals surface area contributed by atoms with E-state index in [0.717, 1.165) is 32.8 Å². The summed E-state index contributed by atoms with van der Waals surface area (Å²) < 4.78 is 29.6. The number of fused-ring (bicyclic) bond motifs is 1. The van der Waals surface area contributed by atoms with Crippen LogP contribution in [-0.4, -0.2) is 101 Å². The number of aromatic nitrogens is 4. The molecule has 2 fully saturated rings. The maximum atomic E-state index is 12.3. The summed E-state index contributed by atoms with van der Waals surface area (Å²) in [5.41, 5.74) is 1.52. The predicted octanol–water partition coefficient (Wildman–Crippen LogP) is -0.114. The van der Waals surface area contributed by atoms with Gasteiger partial charge in [-0.15, -0.1) is 0 Å². The monoisotopic (exact) mass is 580 g/mol. The van der Waals surface area contributed by atoms with Crippen molar-refractivity contribution in [3.05, 3.63) is 11.5 Å². The van der Waals surface area contributed by atoms with Crippen LogP contribution in [0, 0.1) is 0 Å². The molecular weight excluding hydrogens is 551 g/mol. The van der Waals surface area contributed by atoms with Crippen LogP contribution in [0.2, 0.25) is 5.28 Å². The lowest BCUT2D eigenvalue weighted by molar-refractivity contribution is -0.143. The van der Waals surface area contributed by atoms with E-state index in [4.69, 9.17) is 31.0 Å². The number of nitrogens with zero attached hydrogens (tertiary/aromatic N) is 4. The minimum Gasteiger partial charge on any atom is -0.387 e. The summed E-state index contributed by atoms with van der Waals surface area (Å²) in [5, 5.41) is 35.8. The van der Waals surface area contributed by atoms with Gasteiger partial charge in [-0.05, 0) is 24.4 Å². The van der Waals surface area contributed by atoms with E-state index in [2.05, 4.69) is 20.4 Å². The summed E-state index contributed by atoms with van der Waals surface area (Å²) in [7, 11) is -4.04. The van der Waals surface area contributed by atoms with Crippen LogP contribution in [0.1, 0.15) is 38.3 Å². The van der Waals surface area contributed by atoms with Gasteiger partial charge in [0.1, 0.15) is 24.1 Å². The number of carbonyl (C=O) groups is 1. The van der Waals surface area contributed by atoms with Crippen molar-refractivity contribution >= 4 is 42.0 Å². The number of hydrogen-bond donors (Lipinski definition) is 7. The molecule has 1 aliphatic heterocycles. The molecule has 1 amide bonds. The molecule has 1 aliphatic carbocycles. The number of amides is 1. The Kier molecular flexibility index (Phi) is 8.88. The SMILES string of the molecule is COC[C@](CC(=O)NO)(OC[C@H]1O[C@@H](n2ncc3c(NC4CCCC4)nc(Cl)nc32)[C@H](O)[C@@H]1O)P(=O)(O)O. The molecule has 0 radical (unpaired) electrons. The van der Waals surface area contributed by atoms with E-state index in [1.165, 1.54) is 16.4 Å². The fraction of sp³-hybridized carbons (Fsp3) is 0.700. The van der Waals surface area contributed by atoms with Crippen LogP contribution in [0.25, 0.3) is 11.0 Å². The average molecular weight is 581 g/mol. The fourth-order valence-electron chi connectivity index (χ4n) is 4.70. The van der Waals surface area contributed by atoms with Crippen LogP contribution in [0.4, 0.5) is 5.82 Å². The molecule has 38 heavy (non-hydrogen) atoms. The maximum Gasteiger partial charge on any atom is 0.360 e. The second kappa shape index (κ2) is 11.6. The van der Waals surface area contributed by atoms with Gasteiger partial charge in [0.25, 0.3) is 0 Å². The Labute approximate surface area is 221 Å². The van der Waals surface area contributed by atoms with Crippen LogP contribution in [0.15, 0.2) is 6.20 Å². The maximum absolute atomic E-state index is 12.3. The van der Waals surface area contributed by atoms with E-state index in [-0.39, 0.29) is 17.0 Å². The number of carbonyl (C=O) groups excluding carboxylic acids is 1. The first-order valence-corrected chi connectivity index (χ1v) is 13.8. The number of ether oxygens (including phenoxy) is 3. The summed E-state index contributed by atoms with van der Waals surface area (Å²) in [6.07, 6.45) is -1.02. The van der Waals surface area contributed by atoms with Crippen molar-refractivity contribution in [3.63, 3.8) is 0 Å². The van der Waals surface area contributed by atoms with Gasteiger partial charge in [-0.25, -0.2) is 10.2 Å². The lowest BCUT2D eigenvalue weighted by atomic mass is 10.1. The van der Waals surface area contributed by atoms with Crippen LogP contribution in [0.3, 0.4) is 0 Å². The number of nitrogens with one attached hydrogen (secondary N) is 2. The summed E-state index contributed by atoms with van der Waals surface area (Å²) >= 11 is 6.15. The van der Waals surface area contributed by atoms with Crippen LogP contribution < -0.4 is 10.8 Å². The van der Waals surface area contributed by atoms with Crippen molar-refractivity contribution in [2.45, 2.75) is 68.0 Å². The molecule has 16 nitrogen and oxygen atoms in total. The Morgan fingerprint density at radius 1 is 1.29 bits per heavy atom. The highest BCUT2D eigenvalue weighted by Gasteiger charge is 2.52. The van der Waals surface area contributed by atoms with Gasteiger partial charge in [0.15, 0.2) is 11.9 Å². The van der Waals surface area contributed by atoms with E-state index in [9.17, 15) is 29.4 Å². The zero-order valence-electron chi connectivity index (χ0n) is 20.3. The molecule has 0 spiro atoms. The van der Waals surface area contributed by atoms with Gasteiger partial charge in [0.05, 0.1) is 31.2 Å². The fourth-order valence-corrected chi connectivity index (χ4v) is 5.75. The van der Waals surface area contributed by atoms with Gasteiger partial charge in [-0.1, -0.05) is 12.8 Å². The summed E-state index contributed by atoms with van der Waals surface area (Å²) in [5.74, 6) is -0.669. The first kappa shape index (κ1) is 29.0. The highest BCUT2D eigenvalue weighted by Crippen LogP contribution is 2.54. The molecule has 3 heterocycles. The van der Waals surface area contributed by atoms with Gasteiger partial charge in [-0.2, -0.15) is 15.1 Å². The van der Waals surface area contributed by atoms with Gasteiger partial charge in [0, 0.05) is 13.2 Å². The average Bonchev–Trinajstić information content (AvgIpc) is 3.58. The highest BCUT2D eigenvalue weighted by atomic mass is 35.5. The van der Waals surface area contributed by atoms with Gasteiger partial charge < -0.3 is 39.5 Å². The molecule has 0 unspecified atom stereocenters. The molecule has 212 valence electrons. The number of hydroxylamine groups is 1. The second-order valence-corrected chi connectivity index (χ2v) is 11.5. The smallest absolute Gasteiger partial charge is 0.360 e. The molecule has 2 aromatic heterocycles. The van der Waals surface area contributed by atoms with Crippen LogP contribution in [0.5, 0.6) is 0 Å². The lowest BCUT2D eigenvalue weighted by Gasteiger charge is -2.33. The number of methoxy groups -OCH3 is 1. The van der Waals surface area contributed by atoms with Crippen LogP contribution >= 0.6 is 19.2 Å². The largest absolute Gasteiger partial charge is 0.387 e. The Morgan fingerprint density at radius 2 is 2.00 bits per heavy atom. The molecule has 0 aromatic carbocycles. The first-order valence-electron chi connectivity index (χ1n) is 11.8. The van der Waals surface area contributed by atoms with E-state index in [0.29, 0.717) is 11.2 Å². The summed E-state index contributed by atoms with van der Waals surface area (Å²) in [4.78, 5) is 40.1. The van der Waals surface area contributed by atoms with E-state index >= 15 is 0 Å². The Balaban J connectivity index is 1.56. The molecule has 1 saturated heterocycles. The Hall–Kier alpha value is -1.98. The minimum absolute atomic E-state index is 0.0687. The molecule has 2 aliphatic rings. The number of anilines is 1. The van der Waals surface area contributed by atoms with Gasteiger partial charge in [0.2, 0.25) is 16.5 Å². The van der Waals surface area contributed by atoms with Crippen molar-refractivity contribution < 1.29 is 48.8 Å². The third-order valence-corrected chi connectivity index (χ3v) is 8.33. The predicted molar refractivity (Wildman–Crippen MR) is 129 cm³/mol. The number of aliphatic hydroxyl groups is 2. The molecule has 4 rings (SSSR count). The molecule has 0 bridgehead atoms. The third-order valence-electron chi connectivity index (χ3n) is 6.68. The zero-order chi connectivity index (χ0) is 27.7. The lowest BCUT2D eigenvalue weighted by Crippen LogP contribution is -2.45. The van der Waals surface area contributed by atoms with Gasteiger partial charge >= 0.3 is 7.60 Å². The van der Waals surface area contributed by atoms with Crippen molar-refractivity contribution in [3.8, 4) is 0 Å². The second-order valence-electron chi connectivity index (χ2n) is 9.29. The Morgan fingerprint density at radius 3 is 2.63 bits per heavy atom. The van der Waals surface area contributed by atoms with Crippen LogP contribution in [-0.2, 0) is 23.6 Å². The minimum atomic E-state index is -5.18. The van der Waals surface area contributed by atoms with E-state index in [1.807, 2.05) is 0 Å². The summed E-state index contributed by atoms with van der Waals surface area (Å²) in [6, 6.07) is 0.221. The molecule has 5 atom stereocenters. The molecule has 7 N–H and O–H groups in total. The first-order chi connectivity index (χ1) is 18.0. The van der Waals surface area contributed by atoms with Crippen molar-refractivity contribution in [2.24, 2.45) is 0 Å². The van der Waals surface area contributed by atoms with Crippen molar-refractivity contribution in [1.82, 2.24) is 25.2 Å². The number of halogens is 1. The normalized spacial score (nSPS) is 26.1. The standard InChI is InChI=1S/C20H30ClN6O10P/c1-35-9-20(38(32,33)34,6-13(28)26-31)36-8-12-14(29)15(30)18(37-12)27-17-11(7-22-27)16(24-19(21)25-17)23-10-4-2-3-5-10/h7,10,12,14-15,18,29-31H,2-6,8-9H2,1H3,(H,26,28)(H,23,24,25)(H2,32,33,34)/t12-,14-,15-,18-,20-/m1/s1. The van der Waals surface area contributed by atoms with Crippen molar-refractivity contribution in [1.29, 1.82) is 0 Å². The number of aliphatic hydroxyl groups excluding tert-OH is 2. The Bertz CT molecular complexity index is 1190. The van der Waals surface area contributed by atoms with Crippen molar-refractivity contribution in [2.75, 3.05) is 25.6 Å². The van der Waals surface area contributed by atoms with E-state index in [1.54, 1.807) is 0 Å². The highest BCUT2D eigenvalue weighted by molar-refractivity contribution is 7.53. The summed E-state index contributed by atoms with van der Waals surface area (Å²) in [6.45, 7) is -1.39. The van der Waals surface area contributed by atoms with Gasteiger partial charge in [-0.3, -0.25) is 14.6 Å². The molecular formula is C20H30ClN6O10P. The number of rotatable bonds is 11.